The lowest BCUT2D eigenvalue weighted by Crippen LogP contribution is -2.45. The van der Waals surface area contributed by atoms with Crippen LogP contribution in [0, 0.1) is 0 Å². The van der Waals surface area contributed by atoms with Crippen molar-refractivity contribution in [3.8, 4) is 33.6 Å². The molecule has 3 amide bonds. The Morgan fingerprint density at radius 1 is 0.698 bits per heavy atom. The highest BCUT2D eigenvalue weighted by Crippen LogP contribution is 2.27. The second-order valence-electron chi connectivity index (χ2n) is 12.4. The molecule has 2 heterocycles. The molecule has 14 heteroatoms. The van der Waals surface area contributed by atoms with E-state index in [-0.39, 0.29) is 25.0 Å². The largest absolute Gasteiger partial charge is 0.453 e. The second-order valence-corrected chi connectivity index (χ2v) is 12.4. The summed E-state index contributed by atoms with van der Waals surface area (Å²) in [7, 11) is 4.67. The zero-order chi connectivity index (χ0) is 38.8. The average Bonchev–Trinajstić information content (AvgIpc) is 3.87. The fraction of sp³-hybridized carbons (Fsp3) is 0.436. The first kappa shape index (κ1) is 41.9. The Balaban J connectivity index is 0.000000846. The van der Waals surface area contributed by atoms with Crippen LogP contribution in [-0.4, -0.2) is 101 Å². The molecular weight excluding hydrogens is 676 g/mol. The number of aldehydes is 1. The highest BCUT2D eigenvalue weighted by Gasteiger charge is 2.23. The van der Waals surface area contributed by atoms with Crippen molar-refractivity contribution < 1.29 is 28.7 Å². The van der Waals surface area contributed by atoms with Crippen LogP contribution >= 0.6 is 0 Å². The summed E-state index contributed by atoms with van der Waals surface area (Å²) in [6, 6.07) is 17.5. The van der Waals surface area contributed by atoms with Crippen molar-refractivity contribution >= 4 is 24.4 Å². The SMILES string of the molecule is CCC(CC)N(C)Cc1ncc(-c2ccc(-c3ccc(-c4cnc(CN(C(=O)CNC(=O)OC)C(CC)CC)[nH]4)cc3)cc2)[nH]1.COC(=O)NCC=O. The zero-order valence-electron chi connectivity index (χ0n) is 31.9. The van der Waals surface area contributed by atoms with Gasteiger partial charge in [0.15, 0.2) is 0 Å². The molecule has 53 heavy (non-hydrogen) atoms. The minimum absolute atomic E-state index is 0.00662. The number of carbonyl (C=O) groups excluding carboxylic acids is 4. The average molecular weight is 731 g/mol. The number of H-pyrrole nitrogens is 2. The first-order valence-corrected chi connectivity index (χ1v) is 18.0. The van der Waals surface area contributed by atoms with Gasteiger partial charge >= 0.3 is 12.2 Å². The Kier molecular flexibility index (Phi) is 17.2. The number of aromatic amines is 2. The van der Waals surface area contributed by atoms with Crippen molar-refractivity contribution in [3.05, 3.63) is 72.6 Å². The van der Waals surface area contributed by atoms with Crippen molar-refractivity contribution in [1.29, 1.82) is 0 Å². The number of imidazole rings is 2. The van der Waals surface area contributed by atoms with Gasteiger partial charge in [0.2, 0.25) is 5.91 Å². The van der Waals surface area contributed by atoms with E-state index in [1.54, 1.807) is 11.1 Å². The molecule has 286 valence electrons. The molecule has 0 saturated carbocycles. The van der Waals surface area contributed by atoms with E-state index >= 15 is 0 Å². The fourth-order valence-corrected chi connectivity index (χ4v) is 5.97. The van der Waals surface area contributed by atoms with Crippen LogP contribution in [0.15, 0.2) is 60.9 Å². The Hall–Kier alpha value is -5.50. The third kappa shape index (κ3) is 12.6. The standard InChI is InChI=1S/C35H47N7O3.C4H7NO3/c1-7-28(8-2)41(5)22-32-36-19-30(39-32)26-15-11-24(12-16-26)25-13-17-27(18-14-25)31-20-37-33(40-31)23-42(29(9-3)10-4)34(43)21-38-35(44)45-6;1-8-4(7)5-2-3-6/h11-20,28-29H,7-10,21-23H2,1-6H3,(H,36,39)(H,37,40)(H,38,44);3H,2H2,1H3,(H,5,7). The maximum atomic E-state index is 13.0. The Morgan fingerprint density at radius 3 is 1.57 bits per heavy atom. The number of alkyl carbamates (subject to hydrolysis) is 2. The molecule has 2 aromatic carbocycles. The van der Waals surface area contributed by atoms with Crippen LogP contribution in [0.4, 0.5) is 9.59 Å². The minimum Gasteiger partial charge on any atom is -0.453 e. The molecule has 4 rings (SSSR count). The molecule has 0 aliphatic heterocycles. The number of rotatable bonds is 17. The molecule has 14 nitrogen and oxygen atoms in total. The number of amides is 3. The van der Waals surface area contributed by atoms with Gasteiger partial charge in [-0.1, -0.05) is 76.2 Å². The molecular formula is C39H54N8O6. The number of hydrogen-bond acceptors (Lipinski definition) is 9. The van der Waals surface area contributed by atoms with Gasteiger partial charge in [-0.2, -0.15) is 0 Å². The van der Waals surface area contributed by atoms with Crippen molar-refractivity contribution in [3.63, 3.8) is 0 Å². The Bertz CT molecular complexity index is 1710. The van der Waals surface area contributed by atoms with E-state index in [4.69, 9.17) is 0 Å². The first-order valence-electron chi connectivity index (χ1n) is 18.0. The molecule has 0 spiro atoms. The maximum Gasteiger partial charge on any atom is 0.407 e. The highest BCUT2D eigenvalue weighted by molar-refractivity contribution is 5.82. The lowest BCUT2D eigenvalue weighted by atomic mass is 10.0. The number of benzene rings is 2. The summed E-state index contributed by atoms with van der Waals surface area (Å²) in [5, 5.41) is 4.64. The van der Waals surface area contributed by atoms with Crippen LogP contribution in [0.2, 0.25) is 0 Å². The van der Waals surface area contributed by atoms with Gasteiger partial charge in [0.25, 0.3) is 0 Å². The van der Waals surface area contributed by atoms with Gasteiger partial charge in [-0.05, 0) is 55.0 Å². The van der Waals surface area contributed by atoms with E-state index in [0.717, 1.165) is 71.7 Å². The van der Waals surface area contributed by atoms with Crippen LogP contribution in [0.1, 0.15) is 65.0 Å². The van der Waals surface area contributed by atoms with Crippen LogP contribution < -0.4 is 10.6 Å². The number of nitrogens with zero attached hydrogens (tertiary/aromatic N) is 4. The molecule has 0 fully saturated rings. The van der Waals surface area contributed by atoms with Crippen LogP contribution in [0.25, 0.3) is 33.6 Å². The van der Waals surface area contributed by atoms with Crippen LogP contribution in [0.5, 0.6) is 0 Å². The fourth-order valence-electron chi connectivity index (χ4n) is 5.97. The van der Waals surface area contributed by atoms with E-state index in [0.29, 0.717) is 24.7 Å². The smallest absolute Gasteiger partial charge is 0.407 e. The monoisotopic (exact) mass is 730 g/mol. The number of ether oxygens (including phenoxy) is 2. The maximum absolute atomic E-state index is 13.0. The van der Waals surface area contributed by atoms with Crippen molar-refractivity contribution in [2.45, 2.75) is 78.6 Å². The van der Waals surface area contributed by atoms with Gasteiger partial charge in [-0.3, -0.25) is 9.69 Å². The number of carbonyl (C=O) groups is 4. The molecule has 0 bridgehead atoms. The molecule has 0 atom stereocenters. The van der Waals surface area contributed by atoms with Gasteiger partial charge in [0.1, 0.15) is 24.5 Å². The molecule has 4 aromatic rings. The predicted octanol–water partition coefficient (Wildman–Crippen LogP) is 6.17. The molecule has 0 saturated heterocycles. The molecule has 0 aliphatic rings. The molecule has 0 aliphatic carbocycles. The van der Waals surface area contributed by atoms with Crippen molar-refractivity contribution in [1.82, 2.24) is 40.4 Å². The summed E-state index contributed by atoms with van der Waals surface area (Å²) in [5.74, 6) is 1.48. The Morgan fingerprint density at radius 2 is 1.13 bits per heavy atom. The molecule has 2 aromatic heterocycles. The third-order valence-corrected chi connectivity index (χ3v) is 9.06. The zero-order valence-corrected chi connectivity index (χ0v) is 31.9. The molecule has 4 N–H and O–H groups in total. The third-order valence-electron chi connectivity index (χ3n) is 9.06. The van der Waals surface area contributed by atoms with Crippen LogP contribution in [-0.2, 0) is 32.2 Å². The lowest BCUT2D eigenvalue weighted by Gasteiger charge is -2.30. The topological polar surface area (TPSA) is 175 Å². The Labute approximate surface area is 312 Å². The van der Waals surface area contributed by atoms with E-state index in [1.807, 2.05) is 20.0 Å². The van der Waals surface area contributed by atoms with Crippen molar-refractivity contribution in [2.24, 2.45) is 0 Å². The molecule has 0 radical (unpaired) electrons. The summed E-state index contributed by atoms with van der Waals surface area (Å²) in [6.07, 6.45) is 6.93. The van der Waals surface area contributed by atoms with Gasteiger partial charge in [-0.15, -0.1) is 0 Å². The van der Waals surface area contributed by atoms with E-state index in [9.17, 15) is 19.2 Å². The molecule has 0 unspecified atom stereocenters. The van der Waals surface area contributed by atoms with E-state index in [2.05, 4.69) is 114 Å². The predicted molar refractivity (Wildman–Crippen MR) is 205 cm³/mol. The number of aromatic nitrogens is 4. The van der Waals surface area contributed by atoms with E-state index < -0.39 is 12.2 Å². The van der Waals surface area contributed by atoms with Crippen molar-refractivity contribution in [2.75, 3.05) is 34.4 Å². The number of methoxy groups -OCH3 is 2. The van der Waals surface area contributed by atoms with Gasteiger partial charge in [-0.25, -0.2) is 19.6 Å². The lowest BCUT2D eigenvalue weighted by molar-refractivity contribution is -0.133. The van der Waals surface area contributed by atoms with Gasteiger partial charge in [0, 0.05) is 12.1 Å². The summed E-state index contributed by atoms with van der Waals surface area (Å²) >= 11 is 0. The second kappa shape index (κ2) is 21.8. The normalized spacial score (nSPS) is 10.8. The number of hydrogen-bond donors (Lipinski definition) is 4. The summed E-state index contributed by atoms with van der Waals surface area (Å²) in [6.45, 7) is 9.56. The highest BCUT2D eigenvalue weighted by atomic mass is 16.5. The quantitative estimate of drug-likeness (QED) is 0.0927. The summed E-state index contributed by atoms with van der Waals surface area (Å²) in [4.78, 5) is 64.3. The first-order chi connectivity index (χ1) is 25.6. The van der Waals surface area contributed by atoms with E-state index in [1.165, 1.54) is 14.2 Å². The summed E-state index contributed by atoms with van der Waals surface area (Å²) < 4.78 is 8.75. The number of nitrogens with one attached hydrogen (secondary N) is 4. The summed E-state index contributed by atoms with van der Waals surface area (Å²) in [5.41, 5.74) is 6.25. The minimum atomic E-state index is -0.629. The van der Waals surface area contributed by atoms with Gasteiger partial charge in [0.05, 0.1) is 57.6 Å². The van der Waals surface area contributed by atoms with Gasteiger partial charge < -0.3 is 39.8 Å². The van der Waals surface area contributed by atoms with Crippen LogP contribution in [0.3, 0.4) is 0 Å².